The molecule has 4 heteroatoms. The standard InChI is InChI=1S/C20H26N4/c1-22-19(14-17-6-2-3-8-20(17)22)15-24-11-5-4-7-18(24)9-12-23-13-10-21-16-23/h2-3,6,8,10,13-14,16,18H,4-5,7,9,11-12,15H2,1H3/t18-/m1/s1. The van der Waals surface area contributed by atoms with Gasteiger partial charge in [-0.3, -0.25) is 4.90 Å². The van der Waals surface area contributed by atoms with Crippen molar-refractivity contribution >= 4 is 10.9 Å². The van der Waals surface area contributed by atoms with Gasteiger partial charge in [0.25, 0.3) is 0 Å². The SMILES string of the molecule is Cn1c(CN2CCCC[C@@H]2CCn2ccnc2)cc2ccccc21. The molecule has 1 aliphatic heterocycles. The highest BCUT2D eigenvalue weighted by Gasteiger charge is 2.23. The Morgan fingerprint density at radius 3 is 2.96 bits per heavy atom. The zero-order chi connectivity index (χ0) is 16.4. The fourth-order valence-corrected chi connectivity index (χ4v) is 4.02. The van der Waals surface area contributed by atoms with Gasteiger partial charge in [-0.05, 0) is 43.3 Å². The van der Waals surface area contributed by atoms with E-state index in [1.807, 2.05) is 12.5 Å². The quantitative estimate of drug-likeness (QED) is 0.714. The molecule has 0 N–H and O–H groups in total. The van der Waals surface area contributed by atoms with Gasteiger partial charge < -0.3 is 9.13 Å². The van der Waals surface area contributed by atoms with E-state index in [2.05, 4.69) is 62.6 Å². The number of para-hydroxylation sites is 1. The number of piperidine rings is 1. The molecule has 0 aliphatic carbocycles. The van der Waals surface area contributed by atoms with Crippen LogP contribution in [0.1, 0.15) is 31.4 Å². The summed E-state index contributed by atoms with van der Waals surface area (Å²) in [6.07, 6.45) is 11.1. The highest BCUT2D eigenvalue weighted by atomic mass is 15.2. The summed E-state index contributed by atoms with van der Waals surface area (Å²) in [6.45, 7) is 3.34. The van der Waals surface area contributed by atoms with Gasteiger partial charge >= 0.3 is 0 Å². The van der Waals surface area contributed by atoms with E-state index < -0.39 is 0 Å². The molecule has 1 aromatic carbocycles. The Morgan fingerprint density at radius 1 is 1.21 bits per heavy atom. The van der Waals surface area contributed by atoms with E-state index in [9.17, 15) is 0 Å². The van der Waals surface area contributed by atoms with Crippen LogP contribution < -0.4 is 0 Å². The van der Waals surface area contributed by atoms with Crippen LogP contribution in [-0.2, 0) is 20.1 Å². The Kier molecular flexibility index (Phi) is 4.39. The van der Waals surface area contributed by atoms with E-state index in [1.165, 1.54) is 48.8 Å². The highest BCUT2D eigenvalue weighted by Crippen LogP contribution is 2.25. The molecule has 0 amide bonds. The normalized spacial score (nSPS) is 19.1. The van der Waals surface area contributed by atoms with Gasteiger partial charge in [0, 0.05) is 49.8 Å². The molecule has 0 unspecified atom stereocenters. The van der Waals surface area contributed by atoms with Gasteiger partial charge in [-0.2, -0.15) is 0 Å². The summed E-state index contributed by atoms with van der Waals surface area (Å²) in [6, 6.07) is 11.7. The van der Waals surface area contributed by atoms with E-state index in [1.54, 1.807) is 0 Å². The first-order chi connectivity index (χ1) is 11.8. The number of hydrogen-bond donors (Lipinski definition) is 0. The summed E-state index contributed by atoms with van der Waals surface area (Å²) < 4.78 is 4.56. The molecule has 0 bridgehead atoms. The number of fused-ring (bicyclic) bond motifs is 1. The molecule has 1 saturated heterocycles. The number of imidazole rings is 1. The van der Waals surface area contributed by atoms with Crippen LogP contribution in [0, 0.1) is 0 Å². The fourth-order valence-electron chi connectivity index (χ4n) is 4.02. The van der Waals surface area contributed by atoms with Crippen molar-refractivity contribution in [1.82, 2.24) is 19.0 Å². The summed E-state index contributed by atoms with van der Waals surface area (Å²) in [7, 11) is 2.20. The lowest BCUT2D eigenvalue weighted by Gasteiger charge is -2.36. The molecule has 3 aromatic rings. The van der Waals surface area contributed by atoms with E-state index >= 15 is 0 Å². The Bertz CT molecular complexity index is 787. The van der Waals surface area contributed by atoms with E-state index in [4.69, 9.17) is 0 Å². The first-order valence-electron chi connectivity index (χ1n) is 9.04. The van der Waals surface area contributed by atoms with Crippen molar-refractivity contribution in [3.8, 4) is 0 Å². The molecule has 1 aliphatic rings. The zero-order valence-corrected chi connectivity index (χ0v) is 14.4. The third-order valence-electron chi connectivity index (χ3n) is 5.44. The molecule has 1 fully saturated rings. The largest absolute Gasteiger partial charge is 0.346 e. The predicted octanol–water partition coefficient (Wildman–Crippen LogP) is 3.82. The minimum Gasteiger partial charge on any atom is -0.346 e. The summed E-state index contributed by atoms with van der Waals surface area (Å²) in [5, 5.41) is 1.35. The average molecular weight is 322 g/mol. The molecule has 4 nitrogen and oxygen atoms in total. The number of aromatic nitrogens is 3. The maximum absolute atomic E-state index is 4.15. The monoisotopic (exact) mass is 322 g/mol. The minimum atomic E-state index is 0.680. The smallest absolute Gasteiger partial charge is 0.0945 e. The van der Waals surface area contributed by atoms with E-state index in [-0.39, 0.29) is 0 Å². The Labute approximate surface area is 143 Å². The van der Waals surface area contributed by atoms with E-state index in [0.717, 1.165) is 13.1 Å². The molecule has 24 heavy (non-hydrogen) atoms. The molecule has 126 valence electrons. The topological polar surface area (TPSA) is 26.0 Å². The number of nitrogens with zero attached hydrogens (tertiary/aromatic N) is 4. The molecular formula is C20H26N4. The van der Waals surface area contributed by atoms with Gasteiger partial charge in [-0.1, -0.05) is 24.6 Å². The van der Waals surface area contributed by atoms with Gasteiger partial charge in [0.05, 0.1) is 6.33 Å². The van der Waals surface area contributed by atoms with Crippen LogP contribution in [0.25, 0.3) is 10.9 Å². The van der Waals surface area contributed by atoms with Crippen LogP contribution in [0.4, 0.5) is 0 Å². The minimum absolute atomic E-state index is 0.680. The maximum Gasteiger partial charge on any atom is 0.0945 e. The highest BCUT2D eigenvalue weighted by molar-refractivity contribution is 5.81. The van der Waals surface area contributed by atoms with Crippen LogP contribution in [0.2, 0.25) is 0 Å². The van der Waals surface area contributed by atoms with Gasteiger partial charge in [0.1, 0.15) is 0 Å². The number of likely N-dealkylation sites (tertiary alicyclic amines) is 1. The van der Waals surface area contributed by atoms with Gasteiger partial charge in [0.15, 0.2) is 0 Å². The van der Waals surface area contributed by atoms with Crippen LogP contribution in [0.3, 0.4) is 0 Å². The third-order valence-corrected chi connectivity index (χ3v) is 5.44. The van der Waals surface area contributed by atoms with Crippen molar-refractivity contribution in [3.63, 3.8) is 0 Å². The molecule has 1 atom stereocenters. The second-order valence-corrected chi connectivity index (χ2v) is 6.96. The molecule has 0 spiro atoms. The fraction of sp³-hybridized carbons (Fsp3) is 0.450. The van der Waals surface area contributed by atoms with E-state index in [0.29, 0.717) is 6.04 Å². The van der Waals surface area contributed by atoms with Crippen molar-refractivity contribution in [2.24, 2.45) is 7.05 Å². The van der Waals surface area contributed by atoms with Crippen LogP contribution >= 0.6 is 0 Å². The van der Waals surface area contributed by atoms with Crippen LogP contribution in [-0.4, -0.2) is 31.6 Å². The first-order valence-corrected chi connectivity index (χ1v) is 9.04. The first kappa shape index (κ1) is 15.5. The molecule has 2 aromatic heterocycles. The summed E-state index contributed by atoms with van der Waals surface area (Å²) in [5.74, 6) is 0. The molecule has 4 rings (SSSR count). The lowest BCUT2D eigenvalue weighted by molar-refractivity contribution is 0.126. The molecule has 3 heterocycles. The zero-order valence-electron chi connectivity index (χ0n) is 14.4. The lowest BCUT2D eigenvalue weighted by atomic mass is 9.99. The Hall–Kier alpha value is -2.07. The van der Waals surface area contributed by atoms with Crippen molar-refractivity contribution in [2.45, 2.75) is 44.8 Å². The lowest BCUT2D eigenvalue weighted by Crippen LogP contribution is -2.39. The van der Waals surface area contributed by atoms with Crippen molar-refractivity contribution in [2.75, 3.05) is 6.54 Å². The Balaban J connectivity index is 1.48. The van der Waals surface area contributed by atoms with Crippen molar-refractivity contribution in [3.05, 3.63) is 54.7 Å². The van der Waals surface area contributed by atoms with Gasteiger partial charge in [0.2, 0.25) is 0 Å². The second kappa shape index (κ2) is 6.81. The number of benzene rings is 1. The summed E-state index contributed by atoms with van der Waals surface area (Å²) >= 11 is 0. The molecule has 0 radical (unpaired) electrons. The van der Waals surface area contributed by atoms with Gasteiger partial charge in [-0.15, -0.1) is 0 Å². The maximum atomic E-state index is 4.15. The summed E-state index contributed by atoms with van der Waals surface area (Å²) in [5.41, 5.74) is 2.75. The third kappa shape index (κ3) is 3.11. The Morgan fingerprint density at radius 2 is 2.12 bits per heavy atom. The number of hydrogen-bond acceptors (Lipinski definition) is 2. The molecular weight excluding hydrogens is 296 g/mol. The van der Waals surface area contributed by atoms with Crippen LogP contribution in [0.15, 0.2) is 49.1 Å². The van der Waals surface area contributed by atoms with Gasteiger partial charge in [-0.25, -0.2) is 4.98 Å². The van der Waals surface area contributed by atoms with Crippen LogP contribution in [0.5, 0.6) is 0 Å². The second-order valence-electron chi connectivity index (χ2n) is 6.96. The average Bonchev–Trinajstić information content (AvgIpc) is 3.23. The number of rotatable bonds is 5. The number of aryl methyl sites for hydroxylation is 2. The van der Waals surface area contributed by atoms with Crippen molar-refractivity contribution in [1.29, 1.82) is 0 Å². The van der Waals surface area contributed by atoms with Crippen molar-refractivity contribution < 1.29 is 0 Å². The predicted molar refractivity (Wildman–Crippen MR) is 97.8 cm³/mol. The molecule has 0 saturated carbocycles. The summed E-state index contributed by atoms with van der Waals surface area (Å²) in [4.78, 5) is 6.84.